The van der Waals surface area contributed by atoms with E-state index in [0.29, 0.717) is 5.56 Å². The number of ether oxygens (including phenoxy) is 1. The van der Waals surface area contributed by atoms with Crippen LogP contribution in [0.4, 0.5) is 0 Å². The van der Waals surface area contributed by atoms with Crippen LogP contribution in [0.25, 0.3) is 0 Å². The van der Waals surface area contributed by atoms with E-state index in [9.17, 15) is 4.79 Å². The second kappa shape index (κ2) is 8.65. The van der Waals surface area contributed by atoms with E-state index < -0.39 is 0 Å². The summed E-state index contributed by atoms with van der Waals surface area (Å²) in [5.41, 5.74) is 6.63. The van der Waals surface area contributed by atoms with Crippen LogP contribution < -0.4 is 10.2 Å². The van der Waals surface area contributed by atoms with Gasteiger partial charge in [0.15, 0.2) is 0 Å². The number of nitrogens with zero attached hydrogens (tertiary/aromatic N) is 1. The lowest BCUT2D eigenvalue weighted by Crippen LogP contribution is -2.19. The molecule has 4 nitrogen and oxygen atoms in total. The summed E-state index contributed by atoms with van der Waals surface area (Å²) in [6, 6.07) is 15.7. The number of hydrogen-bond acceptors (Lipinski definition) is 3. The molecule has 2 rings (SSSR count). The molecule has 0 spiro atoms. The van der Waals surface area contributed by atoms with Crippen LogP contribution >= 0.6 is 0 Å². The number of hydrazone groups is 1. The molecule has 0 saturated heterocycles. The smallest absolute Gasteiger partial charge is 0.271 e. The SMILES string of the molecule is COc1ccc(CC/C(C)=N\NC(=O)c2ccc(C(C)(C)C)cc2)cc1. The number of rotatable bonds is 6. The van der Waals surface area contributed by atoms with Crippen LogP contribution in [0.5, 0.6) is 5.75 Å². The van der Waals surface area contributed by atoms with E-state index in [1.54, 1.807) is 7.11 Å². The predicted molar refractivity (Wildman–Crippen MR) is 107 cm³/mol. The molecule has 0 atom stereocenters. The molecule has 0 heterocycles. The zero-order valence-corrected chi connectivity index (χ0v) is 16.3. The van der Waals surface area contributed by atoms with Crippen LogP contribution in [-0.4, -0.2) is 18.7 Å². The molecule has 0 bridgehead atoms. The normalized spacial score (nSPS) is 12.0. The number of methoxy groups -OCH3 is 1. The Hall–Kier alpha value is -2.62. The zero-order chi connectivity index (χ0) is 19.2. The second-order valence-corrected chi connectivity index (χ2v) is 7.46. The zero-order valence-electron chi connectivity index (χ0n) is 16.3. The highest BCUT2D eigenvalue weighted by atomic mass is 16.5. The summed E-state index contributed by atoms with van der Waals surface area (Å²) < 4.78 is 5.16. The number of aryl methyl sites for hydroxylation is 1. The maximum atomic E-state index is 12.2. The molecule has 1 N–H and O–H groups in total. The Morgan fingerprint density at radius 2 is 1.65 bits per heavy atom. The number of hydrogen-bond donors (Lipinski definition) is 1. The fourth-order valence-corrected chi connectivity index (χ4v) is 2.51. The lowest BCUT2D eigenvalue weighted by atomic mass is 9.87. The molecule has 0 unspecified atom stereocenters. The van der Waals surface area contributed by atoms with Gasteiger partial charge in [-0.2, -0.15) is 5.10 Å². The van der Waals surface area contributed by atoms with Gasteiger partial charge in [0.05, 0.1) is 7.11 Å². The first-order chi connectivity index (χ1) is 12.3. The van der Waals surface area contributed by atoms with Gasteiger partial charge in [-0.15, -0.1) is 0 Å². The van der Waals surface area contributed by atoms with Crippen LogP contribution in [0.2, 0.25) is 0 Å². The third kappa shape index (κ3) is 5.73. The lowest BCUT2D eigenvalue weighted by Gasteiger charge is -2.18. The Bertz CT molecular complexity index is 754. The lowest BCUT2D eigenvalue weighted by molar-refractivity contribution is 0.0954. The monoisotopic (exact) mass is 352 g/mol. The molecule has 26 heavy (non-hydrogen) atoms. The van der Waals surface area contributed by atoms with E-state index in [1.165, 1.54) is 11.1 Å². The highest BCUT2D eigenvalue weighted by molar-refractivity contribution is 5.95. The van der Waals surface area contributed by atoms with E-state index >= 15 is 0 Å². The van der Waals surface area contributed by atoms with Crippen molar-refractivity contribution in [2.75, 3.05) is 7.11 Å². The van der Waals surface area contributed by atoms with Crippen LogP contribution in [0.3, 0.4) is 0 Å². The van der Waals surface area contributed by atoms with Gasteiger partial charge in [0.25, 0.3) is 5.91 Å². The first kappa shape index (κ1) is 19.7. The van der Waals surface area contributed by atoms with E-state index in [4.69, 9.17) is 4.74 Å². The van der Waals surface area contributed by atoms with Crippen molar-refractivity contribution in [3.63, 3.8) is 0 Å². The average molecular weight is 352 g/mol. The van der Waals surface area contributed by atoms with Crippen molar-refractivity contribution in [2.45, 2.75) is 46.0 Å². The Balaban J connectivity index is 1.88. The quantitative estimate of drug-likeness (QED) is 0.603. The van der Waals surface area contributed by atoms with Gasteiger partial charge in [0.2, 0.25) is 0 Å². The summed E-state index contributed by atoms with van der Waals surface area (Å²) in [6.07, 6.45) is 1.66. The Labute approximate surface area is 156 Å². The molecular formula is C22H28N2O2. The molecule has 4 heteroatoms. The summed E-state index contributed by atoms with van der Waals surface area (Å²) in [5, 5.41) is 4.21. The number of carbonyl (C=O) groups is 1. The Morgan fingerprint density at radius 1 is 1.04 bits per heavy atom. The van der Waals surface area contributed by atoms with Gasteiger partial charge >= 0.3 is 0 Å². The van der Waals surface area contributed by atoms with Crippen molar-refractivity contribution >= 4 is 11.6 Å². The van der Waals surface area contributed by atoms with Crippen LogP contribution in [0, 0.1) is 0 Å². The molecule has 0 radical (unpaired) electrons. The maximum absolute atomic E-state index is 12.2. The van der Waals surface area contributed by atoms with Gasteiger partial charge in [0, 0.05) is 11.3 Å². The third-order valence-corrected chi connectivity index (χ3v) is 4.30. The summed E-state index contributed by atoms with van der Waals surface area (Å²) in [4.78, 5) is 12.2. The van der Waals surface area contributed by atoms with Gasteiger partial charge in [-0.3, -0.25) is 4.79 Å². The molecule has 0 fully saturated rings. The molecule has 0 aliphatic carbocycles. The molecule has 1 amide bonds. The highest BCUT2D eigenvalue weighted by Gasteiger charge is 2.14. The van der Waals surface area contributed by atoms with Gasteiger partial charge in [-0.05, 0) is 60.6 Å². The minimum absolute atomic E-state index is 0.0746. The number of carbonyl (C=O) groups excluding carboxylic acids is 1. The van der Waals surface area contributed by atoms with Gasteiger partial charge in [0.1, 0.15) is 5.75 Å². The molecule has 2 aromatic carbocycles. The summed E-state index contributed by atoms with van der Waals surface area (Å²) in [5.74, 6) is 0.665. The minimum Gasteiger partial charge on any atom is -0.497 e. The molecule has 0 aliphatic rings. The number of nitrogens with one attached hydrogen (secondary N) is 1. The predicted octanol–water partition coefficient (Wildman–Crippen LogP) is 4.73. The topological polar surface area (TPSA) is 50.7 Å². The molecular weight excluding hydrogens is 324 g/mol. The molecule has 138 valence electrons. The highest BCUT2D eigenvalue weighted by Crippen LogP contribution is 2.22. The molecule has 0 aliphatic heterocycles. The van der Waals surface area contributed by atoms with Crippen molar-refractivity contribution in [1.82, 2.24) is 5.43 Å². The molecule has 0 aromatic heterocycles. The molecule has 2 aromatic rings. The largest absolute Gasteiger partial charge is 0.497 e. The van der Waals surface area contributed by atoms with Crippen LogP contribution in [0.15, 0.2) is 53.6 Å². The third-order valence-electron chi connectivity index (χ3n) is 4.30. The minimum atomic E-state index is -0.186. The van der Waals surface area contributed by atoms with Crippen molar-refractivity contribution in [1.29, 1.82) is 0 Å². The van der Waals surface area contributed by atoms with E-state index in [0.717, 1.165) is 24.3 Å². The first-order valence-electron chi connectivity index (χ1n) is 8.86. The summed E-state index contributed by atoms with van der Waals surface area (Å²) >= 11 is 0. The standard InChI is InChI=1S/C22H28N2O2/c1-16(6-7-17-8-14-20(26-5)15-9-17)23-24-21(25)18-10-12-19(13-11-18)22(2,3)4/h8-15H,6-7H2,1-5H3,(H,24,25)/b23-16-. The number of benzene rings is 2. The van der Waals surface area contributed by atoms with Crippen molar-refractivity contribution in [2.24, 2.45) is 5.10 Å². The van der Waals surface area contributed by atoms with Gasteiger partial charge in [-0.25, -0.2) is 5.43 Å². The fraction of sp³-hybridized carbons (Fsp3) is 0.364. The maximum Gasteiger partial charge on any atom is 0.271 e. The molecule has 0 saturated carbocycles. The van der Waals surface area contributed by atoms with Crippen molar-refractivity contribution in [3.05, 3.63) is 65.2 Å². The Kier molecular flexibility index (Phi) is 6.56. The van der Waals surface area contributed by atoms with Crippen molar-refractivity contribution < 1.29 is 9.53 Å². The van der Waals surface area contributed by atoms with E-state index in [2.05, 4.69) is 31.3 Å². The van der Waals surface area contributed by atoms with E-state index in [1.807, 2.05) is 55.5 Å². The van der Waals surface area contributed by atoms with E-state index in [-0.39, 0.29) is 11.3 Å². The van der Waals surface area contributed by atoms with Gasteiger partial charge in [-0.1, -0.05) is 45.0 Å². The van der Waals surface area contributed by atoms with Crippen LogP contribution in [-0.2, 0) is 11.8 Å². The Morgan fingerprint density at radius 3 is 2.19 bits per heavy atom. The summed E-state index contributed by atoms with van der Waals surface area (Å²) in [6.45, 7) is 8.38. The average Bonchev–Trinajstić information content (AvgIpc) is 2.64. The number of amides is 1. The summed E-state index contributed by atoms with van der Waals surface area (Å²) in [7, 11) is 1.66. The fourth-order valence-electron chi connectivity index (χ4n) is 2.51. The first-order valence-corrected chi connectivity index (χ1v) is 8.86. The second-order valence-electron chi connectivity index (χ2n) is 7.46. The van der Waals surface area contributed by atoms with Crippen molar-refractivity contribution in [3.8, 4) is 5.75 Å². The van der Waals surface area contributed by atoms with Gasteiger partial charge < -0.3 is 4.74 Å². The van der Waals surface area contributed by atoms with Crippen LogP contribution in [0.1, 0.15) is 55.6 Å².